The minimum absolute atomic E-state index is 0.121. The molecule has 4 rings (SSSR count). The predicted molar refractivity (Wildman–Crippen MR) is 93.6 cm³/mol. The van der Waals surface area contributed by atoms with Crippen LogP contribution in [0.1, 0.15) is 27.5 Å². The number of nitrogens with zero attached hydrogens (tertiary/aromatic N) is 3. The molecule has 3 N–H and O–H groups in total. The van der Waals surface area contributed by atoms with Crippen LogP contribution >= 0.6 is 0 Å². The summed E-state index contributed by atoms with van der Waals surface area (Å²) in [7, 11) is 0. The fraction of sp³-hybridized carbons (Fsp3) is 0.158. The Morgan fingerprint density at radius 3 is 2.52 bits per heavy atom. The summed E-state index contributed by atoms with van der Waals surface area (Å²) in [5, 5.41) is 3.00. The Bertz CT molecular complexity index is 895. The van der Waals surface area contributed by atoms with Crippen LogP contribution < -0.4 is 11.1 Å². The second-order valence-electron chi connectivity index (χ2n) is 6.04. The van der Waals surface area contributed by atoms with Crippen molar-refractivity contribution >= 4 is 5.91 Å². The number of carbonyl (C=O) groups excluding carboxylic acids is 1. The third-order valence-corrected chi connectivity index (χ3v) is 4.46. The first-order chi connectivity index (χ1) is 12.2. The van der Waals surface area contributed by atoms with Crippen molar-refractivity contribution in [3.63, 3.8) is 0 Å². The van der Waals surface area contributed by atoms with Crippen LogP contribution in [0.15, 0.2) is 61.2 Å². The molecule has 0 bridgehead atoms. The third kappa shape index (κ3) is 2.99. The number of fused-ring (bicyclic) bond motifs is 1. The molecule has 124 valence electrons. The lowest BCUT2D eigenvalue weighted by Crippen LogP contribution is -2.40. The first-order valence-electron chi connectivity index (χ1n) is 8.09. The van der Waals surface area contributed by atoms with Gasteiger partial charge in [0.1, 0.15) is 0 Å². The van der Waals surface area contributed by atoms with E-state index in [1.165, 1.54) is 18.0 Å². The number of hydrogen-bond acceptors (Lipinski definition) is 5. The number of rotatable bonds is 3. The van der Waals surface area contributed by atoms with Crippen LogP contribution in [0.2, 0.25) is 0 Å². The fourth-order valence-corrected chi connectivity index (χ4v) is 3.11. The van der Waals surface area contributed by atoms with Crippen molar-refractivity contribution in [1.82, 2.24) is 20.3 Å². The van der Waals surface area contributed by atoms with Crippen LogP contribution in [0.25, 0.3) is 11.4 Å². The van der Waals surface area contributed by atoms with Gasteiger partial charge in [0, 0.05) is 30.4 Å². The van der Waals surface area contributed by atoms with Gasteiger partial charge in [0.25, 0.3) is 5.91 Å². The summed E-state index contributed by atoms with van der Waals surface area (Å²) >= 11 is 0. The monoisotopic (exact) mass is 331 g/mol. The number of nitrogens with one attached hydrogen (secondary N) is 1. The zero-order valence-electron chi connectivity index (χ0n) is 13.5. The number of pyridine rings is 1. The normalized spacial score (nSPS) is 18.6. The Hall–Kier alpha value is -3.12. The van der Waals surface area contributed by atoms with Crippen molar-refractivity contribution in [3.8, 4) is 11.4 Å². The molecule has 1 amide bonds. The maximum absolute atomic E-state index is 12.5. The van der Waals surface area contributed by atoms with E-state index in [9.17, 15) is 4.79 Å². The van der Waals surface area contributed by atoms with Crippen LogP contribution in [-0.4, -0.2) is 26.9 Å². The predicted octanol–water partition coefficient (Wildman–Crippen LogP) is 1.89. The van der Waals surface area contributed by atoms with Gasteiger partial charge < -0.3 is 11.1 Å². The molecule has 1 aliphatic carbocycles. The number of amides is 1. The van der Waals surface area contributed by atoms with Crippen LogP contribution in [0.4, 0.5) is 0 Å². The van der Waals surface area contributed by atoms with Gasteiger partial charge in [-0.1, -0.05) is 24.3 Å². The molecule has 25 heavy (non-hydrogen) atoms. The van der Waals surface area contributed by atoms with Crippen LogP contribution in [0.3, 0.4) is 0 Å². The van der Waals surface area contributed by atoms with E-state index in [1.54, 1.807) is 12.4 Å². The Balaban J connectivity index is 1.47. The number of benzene rings is 1. The number of nitrogens with two attached hydrogens (primary N) is 1. The zero-order valence-corrected chi connectivity index (χ0v) is 13.5. The van der Waals surface area contributed by atoms with E-state index in [-0.39, 0.29) is 18.0 Å². The van der Waals surface area contributed by atoms with Crippen LogP contribution in [0.5, 0.6) is 0 Å². The van der Waals surface area contributed by atoms with Gasteiger partial charge in [-0.2, -0.15) is 0 Å². The topological polar surface area (TPSA) is 93.8 Å². The first-order valence-corrected chi connectivity index (χ1v) is 8.09. The van der Waals surface area contributed by atoms with Gasteiger partial charge in [-0.25, -0.2) is 9.97 Å². The molecule has 2 aromatic heterocycles. The van der Waals surface area contributed by atoms with Gasteiger partial charge in [-0.05, 0) is 29.7 Å². The van der Waals surface area contributed by atoms with Gasteiger partial charge in [-0.3, -0.25) is 9.78 Å². The molecule has 6 nitrogen and oxygen atoms in total. The third-order valence-electron chi connectivity index (χ3n) is 4.46. The molecule has 0 unspecified atom stereocenters. The van der Waals surface area contributed by atoms with Crippen molar-refractivity contribution in [2.75, 3.05) is 0 Å². The summed E-state index contributed by atoms with van der Waals surface area (Å²) in [6.45, 7) is 0. The highest BCUT2D eigenvalue weighted by Gasteiger charge is 2.30. The Morgan fingerprint density at radius 2 is 1.80 bits per heavy atom. The minimum Gasteiger partial charge on any atom is -0.347 e. The lowest BCUT2D eigenvalue weighted by molar-refractivity contribution is 0.0932. The average molecular weight is 331 g/mol. The Morgan fingerprint density at radius 1 is 1.08 bits per heavy atom. The van der Waals surface area contributed by atoms with E-state index in [1.807, 2.05) is 36.4 Å². The van der Waals surface area contributed by atoms with E-state index in [2.05, 4.69) is 20.3 Å². The van der Waals surface area contributed by atoms with E-state index in [0.29, 0.717) is 11.4 Å². The molecular formula is C19H17N5O. The number of carbonyl (C=O) groups is 1. The molecule has 0 saturated heterocycles. The van der Waals surface area contributed by atoms with Gasteiger partial charge in [0.15, 0.2) is 5.82 Å². The molecule has 0 fully saturated rings. The Labute approximate surface area is 145 Å². The lowest BCUT2D eigenvalue weighted by atomic mass is 10.1. The Kier molecular flexibility index (Phi) is 3.95. The lowest BCUT2D eigenvalue weighted by Gasteiger charge is -2.17. The molecule has 2 heterocycles. The summed E-state index contributed by atoms with van der Waals surface area (Å²) < 4.78 is 0. The standard InChI is InChI=1S/C19H17N5O/c20-17-15-4-2-1-3-13(15)9-16(17)24-19(25)14-10-22-18(23-11-14)12-5-7-21-8-6-12/h1-8,10-11,16-17H,9,20H2,(H,24,25)/t16-,17-/m0/s1. The minimum atomic E-state index is -0.213. The second-order valence-corrected chi connectivity index (χ2v) is 6.04. The van der Waals surface area contributed by atoms with Gasteiger partial charge >= 0.3 is 0 Å². The molecule has 6 heteroatoms. The average Bonchev–Trinajstić information content (AvgIpc) is 2.98. The number of aromatic nitrogens is 3. The summed E-state index contributed by atoms with van der Waals surface area (Å²) in [4.78, 5) is 25.0. The molecule has 0 saturated carbocycles. The highest BCUT2D eigenvalue weighted by atomic mass is 16.1. The van der Waals surface area contributed by atoms with E-state index in [4.69, 9.17) is 5.73 Å². The quantitative estimate of drug-likeness (QED) is 0.764. The van der Waals surface area contributed by atoms with E-state index >= 15 is 0 Å². The van der Waals surface area contributed by atoms with Crippen LogP contribution in [-0.2, 0) is 6.42 Å². The summed E-state index contributed by atoms with van der Waals surface area (Å²) in [5.41, 5.74) is 9.82. The maximum atomic E-state index is 12.5. The van der Waals surface area contributed by atoms with Crippen molar-refractivity contribution in [2.24, 2.45) is 5.73 Å². The van der Waals surface area contributed by atoms with Gasteiger partial charge in [0.2, 0.25) is 0 Å². The SMILES string of the molecule is N[C@H]1c2ccccc2C[C@@H]1NC(=O)c1cnc(-c2ccncc2)nc1. The summed E-state index contributed by atoms with van der Waals surface area (Å²) in [6.07, 6.45) is 7.16. The van der Waals surface area contributed by atoms with Crippen LogP contribution in [0, 0.1) is 0 Å². The first kappa shape index (κ1) is 15.4. The highest BCUT2D eigenvalue weighted by molar-refractivity contribution is 5.94. The molecule has 1 aliphatic rings. The molecule has 0 aliphatic heterocycles. The van der Waals surface area contributed by atoms with Crippen molar-refractivity contribution in [2.45, 2.75) is 18.5 Å². The molecular weight excluding hydrogens is 314 g/mol. The maximum Gasteiger partial charge on any atom is 0.254 e. The molecule has 3 aromatic rings. The molecule has 0 spiro atoms. The summed E-state index contributed by atoms with van der Waals surface area (Å²) in [5.74, 6) is 0.346. The van der Waals surface area contributed by atoms with E-state index < -0.39 is 0 Å². The van der Waals surface area contributed by atoms with Crippen molar-refractivity contribution in [3.05, 3.63) is 77.9 Å². The highest BCUT2D eigenvalue weighted by Crippen LogP contribution is 2.29. The summed E-state index contributed by atoms with van der Waals surface area (Å²) in [6, 6.07) is 11.3. The van der Waals surface area contributed by atoms with Crippen molar-refractivity contribution < 1.29 is 4.79 Å². The van der Waals surface area contributed by atoms with Gasteiger partial charge in [-0.15, -0.1) is 0 Å². The zero-order chi connectivity index (χ0) is 17.2. The van der Waals surface area contributed by atoms with E-state index in [0.717, 1.165) is 17.5 Å². The smallest absolute Gasteiger partial charge is 0.254 e. The fourth-order valence-electron chi connectivity index (χ4n) is 3.11. The molecule has 2 atom stereocenters. The number of hydrogen-bond donors (Lipinski definition) is 2. The largest absolute Gasteiger partial charge is 0.347 e. The molecule has 1 aromatic carbocycles. The van der Waals surface area contributed by atoms with Crippen molar-refractivity contribution in [1.29, 1.82) is 0 Å². The van der Waals surface area contributed by atoms with Gasteiger partial charge in [0.05, 0.1) is 17.6 Å². The second kappa shape index (κ2) is 6.41. The molecule has 0 radical (unpaired) electrons.